The Balaban J connectivity index is 2.30. The molecule has 1 heterocycles. The Kier molecular flexibility index (Phi) is 2.72. The predicted molar refractivity (Wildman–Crippen MR) is 64.1 cm³/mol. The van der Waals surface area contributed by atoms with Crippen LogP contribution in [0.2, 0.25) is 0 Å². The van der Waals surface area contributed by atoms with Gasteiger partial charge in [-0.3, -0.25) is 4.79 Å². The fraction of sp³-hybridized carbons (Fsp3) is 0.167. The second-order valence-corrected chi connectivity index (χ2v) is 3.71. The third kappa shape index (κ3) is 2.48. The van der Waals surface area contributed by atoms with Crippen LogP contribution in [0.3, 0.4) is 0 Å². The lowest BCUT2D eigenvalue weighted by atomic mass is 10.2. The monoisotopic (exact) mass is 215 g/mol. The molecule has 0 aliphatic heterocycles. The van der Waals surface area contributed by atoms with E-state index in [9.17, 15) is 4.79 Å². The summed E-state index contributed by atoms with van der Waals surface area (Å²) in [6, 6.07) is 9.35. The Bertz CT molecular complexity index is 560. The zero-order valence-corrected chi connectivity index (χ0v) is 9.24. The van der Waals surface area contributed by atoms with E-state index in [4.69, 9.17) is 0 Å². The van der Waals surface area contributed by atoms with Crippen LogP contribution in [-0.4, -0.2) is 9.97 Å². The molecule has 2 N–H and O–H groups in total. The molecule has 1 aromatic heterocycles. The molecule has 4 nitrogen and oxygen atoms in total. The summed E-state index contributed by atoms with van der Waals surface area (Å²) in [5.41, 5.74) is 1.94. The minimum absolute atomic E-state index is 0.150. The van der Waals surface area contributed by atoms with Crippen molar-refractivity contribution in [2.75, 3.05) is 5.32 Å². The van der Waals surface area contributed by atoms with Gasteiger partial charge >= 0.3 is 0 Å². The molecule has 0 spiro atoms. The molecule has 4 heteroatoms. The van der Waals surface area contributed by atoms with Gasteiger partial charge in [-0.15, -0.1) is 0 Å². The molecular formula is C12H13N3O. The number of nitrogens with one attached hydrogen (secondary N) is 2. The van der Waals surface area contributed by atoms with E-state index in [1.54, 1.807) is 6.92 Å². The maximum absolute atomic E-state index is 11.2. The lowest BCUT2D eigenvalue weighted by molar-refractivity contribution is 1.02. The Morgan fingerprint density at radius 2 is 2.06 bits per heavy atom. The molecule has 0 aliphatic carbocycles. The number of aromatic nitrogens is 2. The molecule has 0 aliphatic rings. The predicted octanol–water partition coefficient (Wildman–Crippen LogP) is 2.13. The summed E-state index contributed by atoms with van der Waals surface area (Å²) < 4.78 is 0. The van der Waals surface area contributed by atoms with Gasteiger partial charge in [0, 0.05) is 11.8 Å². The fourth-order valence-electron chi connectivity index (χ4n) is 1.51. The highest BCUT2D eigenvalue weighted by molar-refractivity contribution is 5.56. The average Bonchev–Trinajstić information content (AvgIpc) is 2.15. The Hall–Kier alpha value is -2.10. The number of aryl methyl sites for hydroxylation is 2. The van der Waals surface area contributed by atoms with Crippen molar-refractivity contribution >= 4 is 11.5 Å². The molecule has 0 atom stereocenters. The van der Waals surface area contributed by atoms with Crippen LogP contribution in [0, 0.1) is 13.8 Å². The number of anilines is 2. The third-order valence-corrected chi connectivity index (χ3v) is 2.15. The number of hydrogen-bond donors (Lipinski definition) is 2. The van der Waals surface area contributed by atoms with Gasteiger partial charge in [-0.2, -0.15) is 0 Å². The van der Waals surface area contributed by atoms with E-state index in [1.165, 1.54) is 6.07 Å². The second kappa shape index (κ2) is 4.18. The Morgan fingerprint density at radius 3 is 2.75 bits per heavy atom. The van der Waals surface area contributed by atoms with Gasteiger partial charge in [0.1, 0.15) is 11.6 Å². The first kappa shape index (κ1) is 10.4. The standard InChI is InChI=1S/C12H13N3O/c1-8-4-3-5-10(6-8)15-11-7-12(16)14-9(2)13-11/h3-7H,1-2H3,(H2,13,14,15,16). The maximum Gasteiger partial charge on any atom is 0.252 e. The fourth-order valence-corrected chi connectivity index (χ4v) is 1.51. The van der Waals surface area contributed by atoms with Crippen LogP contribution in [-0.2, 0) is 0 Å². The lowest BCUT2D eigenvalue weighted by Gasteiger charge is -2.06. The van der Waals surface area contributed by atoms with Crippen LogP contribution >= 0.6 is 0 Å². The van der Waals surface area contributed by atoms with Crippen LogP contribution in [0.5, 0.6) is 0 Å². The molecule has 1 aromatic carbocycles. The molecule has 0 bridgehead atoms. The number of aromatic amines is 1. The van der Waals surface area contributed by atoms with E-state index >= 15 is 0 Å². The summed E-state index contributed by atoms with van der Waals surface area (Å²) in [4.78, 5) is 18.0. The SMILES string of the molecule is Cc1cccc(Nc2cc(=O)[nH]c(C)n2)c1. The summed E-state index contributed by atoms with van der Waals surface area (Å²) in [5.74, 6) is 1.16. The first-order valence-corrected chi connectivity index (χ1v) is 5.05. The summed E-state index contributed by atoms with van der Waals surface area (Å²) in [5, 5.41) is 3.10. The van der Waals surface area contributed by atoms with E-state index in [-0.39, 0.29) is 5.56 Å². The minimum Gasteiger partial charge on any atom is -0.340 e. The molecule has 82 valence electrons. The molecule has 0 saturated heterocycles. The average molecular weight is 215 g/mol. The zero-order valence-electron chi connectivity index (χ0n) is 9.24. The van der Waals surface area contributed by atoms with Crippen molar-refractivity contribution in [3.63, 3.8) is 0 Å². The van der Waals surface area contributed by atoms with Crippen LogP contribution in [0.15, 0.2) is 35.1 Å². The molecule has 16 heavy (non-hydrogen) atoms. The van der Waals surface area contributed by atoms with Crippen molar-refractivity contribution < 1.29 is 0 Å². The van der Waals surface area contributed by atoms with Gasteiger partial charge in [-0.05, 0) is 31.5 Å². The summed E-state index contributed by atoms with van der Waals surface area (Å²) in [6.07, 6.45) is 0. The summed E-state index contributed by atoms with van der Waals surface area (Å²) in [7, 11) is 0. The van der Waals surface area contributed by atoms with Crippen LogP contribution < -0.4 is 10.9 Å². The first-order valence-electron chi connectivity index (χ1n) is 5.05. The quantitative estimate of drug-likeness (QED) is 0.806. The second-order valence-electron chi connectivity index (χ2n) is 3.71. The minimum atomic E-state index is -0.150. The molecule has 0 fully saturated rings. The smallest absolute Gasteiger partial charge is 0.252 e. The highest BCUT2D eigenvalue weighted by Crippen LogP contribution is 2.14. The molecule has 2 rings (SSSR count). The van der Waals surface area contributed by atoms with Crippen molar-refractivity contribution in [1.82, 2.24) is 9.97 Å². The molecular weight excluding hydrogens is 202 g/mol. The molecule has 0 unspecified atom stereocenters. The van der Waals surface area contributed by atoms with E-state index in [2.05, 4.69) is 15.3 Å². The van der Waals surface area contributed by atoms with Crippen LogP contribution in [0.1, 0.15) is 11.4 Å². The largest absolute Gasteiger partial charge is 0.340 e. The lowest BCUT2D eigenvalue weighted by Crippen LogP contribution is -2.09. The molecule has 0 saturated carbocycles. The van der Waals surface area contributed by atoms with Crippen LogP contribution in [0.4, 0.5) is 11.5 Å². The Labute approximate surface area is 93.4 Å². The van der Waals surface area contributed by atoms with Gasteiger partial charge in [-0.1, -0.05) is 12.1 Å². The summed E-state index contributed by atoms with van der Waals surface area (Å²) in [6.45, 7) is 3.77. The van der Waals surface area contributed by atoms with Gasteiger partial charge in [-0.25, -0.2) is 4.98 Å². The molecule has 0 amide bonds. The van der Waals surface area contributed by atoms with Crippen molar-refractivity contribution in [2.24, 2.45) is 0 Å². The van der Waals surface area contributed by atoms with Crippen molar-refractivity contribution in [1.29, 1.82) is 0 Å². The highest BCUT2D eigenvalue weighted by atomic mass is 16.1. The topological polar surface area (TPSA) is 57.8 Å². The maximum atomic E-state index is 11.2. The number of rotatable bonds is 2. The summed E-state index contributed by atoms with van der Waals surface area (Å²) >= 11 is 0. The van der Waals surface area contributed by atoms with E-state index in [0.717, 1.165) is 11.3 Å². The number of benzene rings is 1. The highest BCUT2D eigenvalue weighted by Gasteiger charge is 1.98. The molecule has 2 aromatic rings. The third-order valence-electron chi connectivity index (χ3n) is 2.15. The van der Waals surface area contributed by atoms with Crippen LogP contribution in [0.25, 0.3) is 0 Å². The van der Waals surface area contributed by atoms with Gasteiger partial charge in [0.25, 0.3) is 5.56 Å². The Morgan fingerprint density at radius 1 is 1.25 bits per heavy atom. The number of nitrogens with zero attached hydrogens (tertiary/aromatic N) is 1. The number of H-pyrrole nitrogens is 1. The van der Waals surface area contributed by atoms with E-state index in [0.29, 0.717) is 11.6 Å². The zero-order chi connectivity index (χ0) is 11.5. The van der Waals surface area contributed by atoms with Crippen molar-refractivity contribution in [2.45, 2.75) is 13.8 Å². The van der Waals surface area contributed by atoms with E-state index < -0.39 is 0 Å². The van der Waals surface area contributed by atoms with E-state index in [1.807, 2.05) is 31.2 Å². The van der Waals surface area contributed by atoms with Gasteiger partial charge < -0.3 is 10.3 Å². The molecule has 0 radical (unpaired) electrons. The van der Waals surface area contributed by atoms with Crippen molar-refractivity contribution in [3.05, 3.63) is 52.1 Å². The normalized spacial score (nSPS) is 10.1. The number of hydrogen-bond acceptors (Lipinski definition) is 3. The van der Waals surface area contributed by atoms with Gasteiger partial charge in [0.2, 0.25) is 0 Å². The van der Waals surface area contributed by atoms with Gasteiger partial charge in [0.05, 0.1) is 0 Å². The first-order chi connectivity index (χ1) is 7.63. The van der Waals surface area contributed by atoms with Gasteiger partial charge in [0.15, 0.2) is 0 Å². The van der Waals surface area contributed by atoms with Crippen molar-refractivity contribution in [3.8, 4) is 0 Å².